The number of benzene rings is 1. The van der Waals surface area contributed by atoms with E-state index in [1.165, 1.54) is 5.56 Å². The van der Waals surface area contributed by atoms with Crippen LogP contribution in [-0.4, -0.2) is 13.1 Å². The van der Waals surface area contributed by atoms with E-state index in [1.54, 1.807) is 0 Å². The first kappa shape index (κ1) is 15.8. The second-order valence-electron chi connectivity index (χ2n) is 5.50. The first-order valence-corrected chi connectivity index (χ1v) is 7.29. The highest BCUT2D eigenvalue weighted by atomic mass is 35.5. The van der Waals surface area contributed by atoms with Crippen molar-refractivity contribution in [1.29, 1.82) is 0 Å². The Morgan fingerprint density at radius 2 is 1.94 bits per heavy atom. The zero-order valence-electron chi connectivity index (χ0n) is 11.7. The van der Waals surface area contributed by atoms with Gasteiger partial charge in [0.1, 0.15) is 0 Å². The predicted octanol–water partition coefficient (Wildman–Crippen LogP) is 4.81. The van der Waals surface area contributed by atoms with E-state index in [0.717, 1.165) is 24.5 Å². The van der Waals surface area contributed by atoms with Gasteiger partial charge in [0.05, 0.1) is 0 Å². The fourth-order valence-corrected chi connectivity index (χ4v) is 2.46. The fourth-order valence-electron chi connectivity index (χ4n) is 1.98. The Morgan fingerprint density at radius 3 is 2.44 bits per heavy atom. The van der Waals surface area contributed by atoms with Crippen molar-refractivity contribution in [3.63, 3.8) is 0 Å². The molecule has 0 spiro atoms. The molecule has 1 aromatic rings. The van der Waals surface area contributed by atoms with Crippen molar-refractivity contribution in [2.75, 3.05) is 13.1 Å². The predicted molar refractivity (Wildman–Crippen MR) is 81.7 cm³/mol. The number of rotatable bonds is 6. The van der Waals surface area contributed by atoms with Crippen LogP contribution in [0.2, 0.25) is 10.0 Å². The summed E-state index contributed by atoms with van der Waals surface area (Å²) in [7, 11) is 0. The Morgan fingerprint density at radius 1 is 1.28 bits per heavy atom. The van der Waals surface area contributed by atoms with E-state index in [2.05, 4.69) is 33.0 Å². The molecule has 1 nitrogen and oxygen atoms in total. The molecule has 1 N–H and O–H groups in total. The monoisotopic (exact) mass is 287 g/mol. The zero-order valence-corrected chi connectivity index (χ0v) is 13.2. The molecular formula is C15H23Cl2N. The lowest BCUT2D eigenvalue weighted by Gasteiger charge is -2.34. The van der Waals surface area contributed by atoms with Gasteiger partial charge in [0.15, 0.2) is 0 Å². The van der Waals surface area contributed by atoms with Crippen LogP contribution in [0.4, 0.5) is 0 Å². The Hall–Kier alpha value is -0.240. The van der Waals surface area contributed by atoms with E-state index in [4.69, 9.17) is 23.2 Å². The van der Waals surface area contributed by atoms with Crippen LogP contribution in [0.5, 0.6) is 0 Å². The molecule has 0 radical (unpaired) electrons. The van der Waals surface area contributed by atoms with E-state index < -0.39 is 0 Å². The smallest absolute Gasteiger partial charge is 0.0453 e. The quantitative estimate of drug-likeness (QED) is 0.792. The van der Waals surface area contributed by atoms with E-state index in [0.29, 0.717) is 10.9 Å². The lowest BCUT2D eigenvalue weighted by molar-refractivity contribution is 0.209. The molecule has 0 aliphatic rings. The molecule has 0 bridgehead atoms. The Bertz CT molecular complexity index is 390. The summed E-state index contributed by atoms with van der Waals surface area (Å²) in [5, 5.41) is 4.92. The molecular weight excluding hydrogens is 265 g/mol. The highest BCUT2D eigenvalue weighted by Gasteiger charge is 2.28. The molecule has 102 valence electrons. The largest absolute Gasteiger partial charge is 0.316 e. The van der Waals surface area contributed by atoms with Crippen molar-refractivity contribution in [3.8, 4) is 0 Å². The summed E-state index contributed by atoms with van der Waals surface area (Å²) in [6.07, 6.45) is 0.966. The minimum atomic E-state index is 0.202. The standard InChI is InChI=1S/C15H23Cl2N/c1-5-18-10-15(4,11(2)3)9-12-6-7-13(16)8-14(12)17/h6-8,11,18H,5,9-10H2,1-4H3. The maximum absolute atomic E-state index is 6.27. The Kier molecular flexibility index (Phi) is 5.97. The highest BCUT2D eigenvalue weighted by Crippen LogP contribution is 2.33. The number of hydrogen-bond donors (Lipinski definition) is 1. The van der Waals surface area contributed by atoms with Gasteiger partial charge >= 0.3 is 0 Å². The van der Waals surface area contributed by atoms with Gasteiger partial charge in [-0.2, -0.15) is 0 Å². The van der Waals surface area contributed by atoms with Gasteiger partial charge in [-0.15, -0.1) is 0 Å². The molecule has 1 atom stereocenters. The maximum Gasteiger partial charge on any atom is 0.0453 e. The van der Waals surface area contributed by atoms with Gasteiger partial charge in [-0.25, -0.2) is 0 Å². The van der Waals surface area contributed by atoms with Crippen LogP contribution < -0.4 is 5.32 Å². The minimum absolute atomic E-state index is 0.202. The van der Waals surface area contributed by atoms with Crippen LogP contribution in [0, 0.1) is 11.3 Å². The van der Waals surface area contributed by atoms with Crippen molar-refractivity contribution in [3.05, 3.63) is 33.8 Å². The van der Waals surface area contributed by atoms with Gasteiger partial charge in [-0.1, -0.05) is 57.0 Å². The van der Waals surface area contributed by atoms with Crippen molar-refractivity contribution in [2.24, 2.45) is 11.3 Å². The summed E-state index contributed by atoms with van der Waals surface area (Å²) in [6.45, 7) is 11.0. The van der Waals surface area contributed by atoms with Gasteiger partial charge < -0.3 is 5.32 Å². The van der Waals surface area contributed by atoms with Crippen LogP contribution in [-0.2, 0) is 6.42 Å². The summed E-state index contributed by atoms with van der Waals surface area (Å²) in [4.78, 5) is 0. The summed E-state index contributed by atoms with van der Waals surface area (Å²) in [5.41, 5.74) is 1.38. The van der Waals surface area contributed by atoms with Gasteiger partial charge in [-0.3, -0.25) is 0 Å². The topological polar surface area (TPSA) is 12.0 Å². The minimum Gasteiger partial charge on any atom is -0.316 e. The summed E-state index contributed by atoms with van der Waals surface area (Å²) in [6, 6.07) is 5.78. The van der Waals surface area contributed by atoms with Gasteiger partial charge in [-0.05, 0) is 42.0 Å². The van der Waals surface area contributed by atoms with Gasteiger partial charge in [0.25, 0.3) is 0 Å². The van der Waals surface area contributed by atoms with E-state index in [9.17, 15) is 0 Å². The van der Waals surface area contributed by atoms with Crippen LogP contribution >= 0.6 is 23.2 Å². The molecule has 0 fully saturated rings. The summed E-state index contributed by atoms with van der Waals surface area (Å²) >= 11 is 12.2. The van der Waals surface area contributed by atoms with Crippen molar-refractivity contribution >= 4 is 23.2 Å². The second-order valence-corrected chi connectivity index (χ2v) is 6.35. The third-order valence-electron chi connectivity index (χ3n) is 3.78. The first-order chi connectivity index (χ1) is 8.39. The second kappa shape index (κ2) is 6.79. The van der Waals surface area contributed by atoms with Crippen LogP contribution in [0.25, 0.3) is 0 Å². The lowest BCUT2D eigenvalue weighted by Crippen LogP contribution is -2.38. The molecule has 0 saturated heterocycles. The fraction of sp³-hybridized carbons (Fsp3) is 0.600. The normalized spacial score (nSPS) is 14.8. The molecule has 1 aromatic carbocycles. The molecule has 0 aliphatic carbocycles. The SMILES string of the molecule is CCNCC(C)(Cc1ccc(Cl)cc1Cl)C(C)C. The molecule has 0 amide bonds. The molecule has 1 unspecified atom stereocenters. The Labute approximate surface area is 121 Å². The van der Waals surface area contributed by atoms with Crippen LogP contribution in [0.15, 0.2) is 18.2 Å². The summed E-state index contributed by atoms with van der Waals surface area (Å²) < 4.78 is 0. The van der Waals surface area contributed by atoms with Crippen molar-refractivity contribution in [1.82, 2.24) is 5.32 Å². The lowest BCUT2D eigenvalue weighted by atomic mass is 9.74. The number of halogens is 2. The van der Waals surface area contributed by atoms with E-state index in [-0.39, 0.29) is 5.41 Å². The van der Waals surface area contributed by atoms with E-state index in [1.807, 2.05) is 18.2 Å². The zero-order chi connectivity index (χ0) is 13.8. The molecule has 1 rings (SSSR count). The Balaban J connectivity index is 2.89. The third-order valence-corrected chi connectivity index (χ3v) is 4.37. The highest BCUT2D eigenvalue weighted by molar-refractivity contribution is 6.35. The maximum atomic E-state index is 6.27. The number of nitrogens with one attached hydrogen (secondary N) is 1. The summed E-state index contributed by atoms with van der Waals surface area (Å²) in [5.74, 6) is 0.586. The van der Waals surface area contributed by atoms with Gasteiger partial charge in [0, 0.05) is 16.6 Å². The molecule has 0 heterocycles. The van der Waals surface area contributed by atoms with E-state index >= 15 is 0 Å². The van der Waals surface area contributed by atoms with Crippen molar-refractivity contribution < 1.29 is 0 Å². The average Bonchev–Trinajstić information content (AvgIpc) is 2.30. The molecule has 18 heavy (non-hydrogen) atoms. The van der Waals surface area contributed by atoms with Crippen LogP contribution in [0.1, 0.15) is 33.3 Å². The molecule has 0 aromatic heterocycles. The molecule has 3 heteroatoms. The van der Waals surface area contributed by atoms with Gasteiger partial charge in [0.2, 0.25) is 0 Å². The third kappa shape index (κ3) is 4.15. The average molecular weight is 288 g/mol. The molecule has 0 saturated carbocycles. The first-order valence-electron chi connectivity index (χ1n) is 6.53. The van der Waals surface area contributed by atoms with Crippen molar-refractivity contribution in [2.45, 2.75) is 34.1 Å². The molecule has 0 aliphatic heterocycles. The van der Waals surface area contributed by atoms with Crippen LogP contribution in [0.3, 0.4) is 0 Å². The number of hydrogen-bond acceptors (Lipinski definition) is 1.